The second kappa shape index (κ2) is 2.96. The van der Waals surface area contributed by atoms with E-state index in [-0.39, 0.29) is 16.9 Å². The summed E-state index contributed by atoms with van der Waals surface area (Å²) in [4.78, 5) is 11.8. The van der Waals surface area contributed by atoms with Crippen molar-refractivity contribution >= 4 is 5.91 Å². The minimum atomic E-state index is -0.257. The summed E-state index contributed by atoms with van der Waals surface area (Å²) in [6, 6.07) is 0. The van der Waals surface area contributed by atoms with Gasteiger partial charge in [-0.25, -0.2) is 0 Å². The minimum absolute atomic E-state index is 0.162. The molecule has 2 aliphatic rings. The fraction of sp³-hybridized carbons (Fsp3) is 0.909. The molecule has 3 nitrogen and oxygen atoms in total. The summed E-state index contributed by atoms with van der Waals surface area (Å²) < 4.78 is 0. The van der Waals surface area contributed by atoms with Crippen LogP contribution in [-0.4, -0.2) is 24.5 Å². The highest BCUT2D eigenvalue weighted by Crippen LogP contribution is 2.44. The lowest BCUT2D eigenvalue weighted by molar-refractivity contribution is -0.130. The molecule has 0 aromatic heterocycles. The normalized spacial score (nSPS) is 25.4. The maximum atomic E-state index is 11.8. The maximum absolute atomic E-state index is 11.8. The molecular formula is C11H20N2O. The highest BCUT2D eigenvalue weighted by atomic mass is 16.2. The number of hydrogen-bond acceptors (Lipinski definition) is 2. The van der Waals surface area contributed by atoms with E-state index in [4.69, 9.17) is 0 Å². The number of carbonyl (C=O) groups is 1. The number of rotatable bonds is 2. The first kappa shape index (κ1) is 9.97. The van der Waals surface area contributed by atoms with Crippen LogP contribution >= 0.6 is 0 Å². The van der Waals surface area contributed by atoms with E-state index in [2.05, 4.69) is 10.6 Å². The quantitative estimate of drug-likeness (QED) is 0.689. The van der Waals surface area contributed by atoms with Crippen molar-refractivity contribution < 1.29 is 4.79 Å². The van der Waals surface area contributed by atoms with Crippen molar-refractivity contribution in [2.45, 2.75) is 39.2 Å². The van der Waals surface area contributed by atoms with E-state index in [0.717, 1.165) is 13.1 Å². The van der Waals surface area contributed by atoms with E-state index in [9.17, 15) is 4.79 Å². The Morgan fingerprint density at radius 3 is 2.21 bits per heavy atom. The Kier molecular flexibility index (Phi) is 2.11. The predicted octanol–water partition coefficient (Wildman–Crippen LogP) is 0.901. The molecule has 0 aromatic rings. The third kappa shape index (κ3) is 1.65. The predicted molar refractivity (Wildman–Crippen MR) is 55.9 cm³/mol. The standard InChI is InChI=1S/C11H20N2O/c1-10(2,3)9(14)13-11(4-5-11)8-6-12-7-8/h8,12H,4-7H2,1-3H3,(H,13,14). The summed E-state index contributed by atoms with van der Waals surface area (Å²) in [6.07, 6.45) is 2.34. The first-order valence-electron chi connectivity index (χ1n) is 5.47. The lowest BCUT2D eigenvalue weighted by Gasteiger charge is -2.37. The fourth-order valence-corrected chi connectivity index (χ4v) is 1.86. The summed E-state index contributed by atoms with van der Waals surface area (Å²) in [5.41, 5.74) is -0.0949. The highest BCUT2D eigenvalue weighted by Gasteiger charge is 2.53. The SMILES string of the molecule is CC(C)(C)C(=O)NC1(C2CNC2)CC1. The summed E-state index contributed by atoms with van der Waals surface area (Å²) >= 11 is 0. The summed E-state index contributed by atoms with van der Waals surface area (Å²) in [5.74, 6) is 0.871. The molecule has 0 unspecified atom stereocenters. The molecular weight excluding hydrogens is 176 g/mol. The van der Waals surface area contributed by atoms with Gasteiger partial charge in [0, 0.05) is 30.0 Å². The second-order valence-electron chi connectivity index (χ2n) is 5.72. The van der Waals surface area contributed by atoms with Crippen LogP contribution in [0.4, 0.5) is 0 Å². The van der Waals surface area contributed by atoms with Crippen molar-refractivity contribution in [1.29, 1.82) is 0 Å². The largest absolute Gasteiger partial charge is 0.350 e. The molecule has 0 atom stereocenters. The zero-order valence-corrected chi connectivity index (χ0v) is 9.31. The molecule has 1 saturated carbocycles. The van der Waals surface area contributed by atoms with Crippen LogP contribution in [-0.2, 0) is 4.79 Å². The fourth-order valence-electron chi connectivity index (χ4n) is 1.86. The van der Waals surface area contributed by atoms with Gasteiger partial charge in [-0.2, -0.15) is 0 Å². The summed E-state index contributed by atoms with van der Waals surface area (Å²) in [5, 5.41) is 6.50. The summed E-state index contributed by atoms with van der Waals surface area (Å²) in [6.45, 7) is 8.06. The lowest BCUT2D eigenvalue weighted by Crippen LogP contribution is -2.57. The first-order chi connectivity index (χ1) is 6.44. The Morgan fingerprint density at radius 1 is 1.36 bits per heavy atom. The molecule has 2 N–H and O–H groups in total. The van der Waals surface area contributed by atoms with Crippen molar-refractivity contribution in [3.63, 3.8) is 0 Å². The number of carbonyl (C=O) groups excluding carboxylic acids is 1. The Morgan fingerprint density at radius 2 is 1.93 bits per heavy atom. The first-order valence-corrected chi connectivity index (χ1v) is 5.47. The van der Waals surface area contributed by atoms with Crippen LogP contribution in [0.2, 0.25) is 0 Å². The molecule has 80 valence electrons. The third-order valence-electron chi connectivity index (χ3n) is 3.40. The molecule has 3 heteroatoms. The Hall–Kier alpha value is -0.570. The molecule has 2 fully saturated rings. The van der Waals surface area contributed by atoms with E-state index < -0.39 is 0 Å². The molecule has 2 rings (SSSR count). The van der Waals surface area contributed by atoms with E-state index in [0.29, 0.717) is 5.92 Å². The topological polar surface area (TPSA) is 41.1 Å². The van der Waals surface area contributed by atoms with Crippen LogP contribution in [0.15, 0.2) is 0 Å². The van der Waals surface area contributed by atoms with Gasteiger partial charge in [0.15, 0.2) is 0 Å². The summed E-state index contributed by atoms with van der Waals surface area (Å²) in [7, 11) is 0. The van der Waals surface area contributed by atoms with Gasteiger partial charge in [0.1, 0.15) is 0 Å². The van der Waals surface area contributed by atoms with Gasteiger partial charge in [-0.15, -0.1) is 0 Å². The third-order valence-corrected chi connectivity index (χ3v) is 3.40. The minimum Gasteiger partial charge on any atom is -0.350 e. The van der Waals surface area contributed by atoms with Crippen LogP contribution in [0.5, 0.6) is 0 Å². The van der Waals surface area contributed by atoms with Crippen LogP contribution in [0.3, 0.4) is 0 Å². The molecule has 1 heterocycles. The van der Waals surface area contributed by atoms with Crippen molar-refractivity contribution in [3.05, 3.63) is 0 Å². The van der Waals surface area contributed by atoms with E-state index in [1.165, 1.54) is 12.8 Å². The Balaban J connectivity index is 1.93. The van der Waals surface area contributed by atoms with E-state index in [1.54, 1.807) is 0 Å². The zero-order valence-electron chi connectivity index (χ0n) is 9.31. The highest BCUT2D eigenvalue weighted by molar-refractivity contribution is 5.82. The van der Waals surface area contributed by atoms with E-state index >= 15 is 0 Å². The molecule has 1 saturated heterocycles. The molecule has 1 aliphatic carbocycles. The van der Waals surface area contributed by atoms with Crippen molar-refractivity contribution in [2.24, 2.45) is 11.3 Å². The van der Waals surface area contributed by atoms with Gasteiger partial charge in [-0.1, -0.05) is 20.8 Å². The second-order valence-corrected chi connectivity index (χ2v) is 5.72. The average molecular weight is 196 g/mol. The maximum Gasteiger partial charge on any atom is 0.225 e. The number of amides is 1. The molecule has 0 bridgehead atoms. The van der Waals surface area contributed by atoms with Crippen molar-refractivity contribution in [3.8, 4) is 0 Å². The monoisotopic (exact) mass is 196 g/mol. The van der Waals surface area contributed by atoms with Gasteiger partial charge in [-0.3, -0.25) is 4.79 Å². The van der Waals surface area contributed by atoms with Gasteiger partial charge < -0.3 is 10.6 Å². The van der Waals surface area contributed by atoms with Gasteiger partial charge in [0.25, 0.3) is 0 Å². The smallest absolute Gasteiger partial charge is 0.225 e. The van der Waals surface area contributed by atoms with Gasteiger partial charge in [-0.05, 0) is 12.8 Å². The van der Waals surface area contributed by atoms with Crippen LogP contribution in [0.25, 0.3) is 0 Å². The van der Waals surface area contributed by atoms with Crippen LogP contribution in [0, 0.1) is 11.3 Å². The molecule has 1 amide bonds. The van der Waals surface area contributed by atoms with Crippen molar-refractivity contribution in [2.75, 3.05) is 13.1 Å². The number of hydrogen-bond donors (Lipinski definition) is 2. The van der Waals surface area contributed by atoms with Crippen LogP contribution in [0.1, 0.15) is 33.6 Å². The molecule has 1 aliphatic heterocycles. The zero-order chi connectivity index (χ0) is 10.4. The van der Waals surface area contributed by atoms with Gasteiger partial charge in [0.2, 0.25) is 5.91 Å². The van der Waals surface area contributed by atoms with Crippen molar-refractivity contribution in [1.82, 2.24) is 10.6 Å². The lowest BCUT2D eigenvalue weighted by atomic mass is 9.89. The van der Waals surface area contributed by atoms with Crippen LogP contribution < -0.4 is 10.6 Å². The molecule has 0 aromatic carbocycles. The molecule has 0 spiro atoms. The average Bonchev–Trinajstić information content (AvgIpc) is 2.62. The number of nitrogens with one attached hydrogen (secondary N) is 2. The van der Waals surface area contributed by atoms with Gasteiger partial charge >= 0.3 is 0 Å². The van der Waals surface area contributed by atoms with Gasteiger partial charge in [0.05, 0.1) is 0 Å². The molecule has 0 radical (unpaired) electrons. The Labute approximate surface area is 85.6 Å². The Bertz CT molecular complexity index is 247. The van der Waals surface area contributed by atoms with E-state index in [1.807, 2.05) is 20.8 Å². The molecule has 14 heavy (non-hydrogen) atoms.